The summed E-state index contributed by atoms with van der Waals surface area (Å²) in [6.45, 7) is 0.699. The number of imide groups is 1. The maximum Gasteiger partial charge on any atom is 0.257 e. The Morgan fingerprint density at radius 2 is 1.87 bits per heavy atom. The van der Waals surface area contributed by atoms with E-state index >= 15 is 0 Å². The molecule has 152 valence electrons. The van der Waals surface area contributed by atoms with Crippen LogP contribution in [0.5, 0.6) is 11.5 Å². The largest absolute Gasteiger partial charge is 0.454 e. The van der Waals surface area contributed by atoms with E-state index in [2.05, 4.69) is 0 Å². The molecule has 2 aromatic rings. The Bertz CT molecular complexity index is 1080. The van der Waals surface area contributed by atoms with Crippen LogP contribution in [0.15, 0.2) is 48.5 Å². The fraction of sp³-hybridized carbons (Fsp3) is 0.261. The van der Waals surface area contributed by atoms with Crippen LogP contribution in [0.3, 0.4) is 0 Å². The predicted molar refractivity (Wildman–Crippen MR) is 109 cm³/mol. The summed E-state index contributed by atoms with van der Waals surface area (Å²) in [7, 11) is 0. The molecule has 0 bridgehead atoms. The van der Waals surface area contributed by atoms with E-state index in [1.807, 2.05) is 6.07 Å². The Balaban J connectivity index is 1.50. The van der Waals surface area contributed by atoms with E-state index in [1.54, 1.807) is 47.4 Å². The molecule has 0 aliphatic carbocycles. The molecule has 2 aromatic carbocycles. The van der Waals surface area contributed by atoms with Crippen LogP contribution in [0, 0.1) is 0 Å². The second-order valence-electron chi connectivity index (χ2n) is 7.49. The van der Waals surface area contributed by atoms with Crippen molar-refractivity contribution in [2.75, 3.05) is 18.2 Å². The molecular formula is C23H20N2O5. The van der Waals surface area contributed by atoms with Crippen molar-refractivity contribution in [2.45, 2.75) is 25.3 Å². The van der Waals surface area contributed by atoms with Gasteiger partial charge in [-0.3, -0.25) is 14.4 Å². The van der Waals surface area contributed by atoms with Crippen molar-refractivity contribution in [3.63, 3.8) is 0 Å². The molecule has 0 spiro atoms. The summed E-state index contributed by atoms with van der Waals surface area (Å²) in [6, 6.07) is 11.5. The summed E-state index contributed by atoms with van der Waals surface area (Å²) < 4.78 is 10.7. The first-order valence-corrected chi connectivity index (χ1v) is 9.99. The fourth-order valence-corrected chi connectivity index (χ4v) is 4.19. The number of carbonyl (C=O) groups is 3. The quantitative estimate of drug-likeness (QED) is 0.720. The van der Waals surface area contributed by atoms with Gasteiger partial charge < -0.3 is 14.4 Å². The number of carbonyl (C=O) groups excluding carboxylic acids is 3. The summed E-state index contributed by atoms with van der Waals surface area (Å²) in [5.74, 6) is 0.243. The van der Waals surface area contributed by atoms with Crippen LogP contribution in [0.4, 0.5) is 5.69 Å². The third-order valence-corrected chi connectivity index (χ3v) is 5.68. The van der Waals surface area contributed by atoms with E-state index in [1.165, 1.54) is 6.08 Å². The Morgan fingerprint density at radius 1 is 1.03 bits per heavy atom. The molecule has 30 heavy (non-hydrogen) atoms. The van der Waals surface area contributed by atoms with E-state index in [-0.39, 0.29) is 18.6 Å². The minimum Gasteiger partial charge on any atom is -0.454 e. The number of piperidine rings is 1. The van der Waals surface area contributed by atoms with Crippen LogP contribution in [0.25, 0.3) is 6.08 Å². The molecule has 1 saturated heterocycles. The van der Waals surface area contributed by atoms with Crippen molar-refractivity contribution in [1.82, 2.24) is 4.90 Å². The number of nitrogens with zero attached hydrogens (tertiary/aromatic N) is 2. The predicted octanol–water partition coefficient (Wildman–Crippen LogP) is 3.00. The van der Waals surface area contributed by atoms with Gasteiger partial charge in [-0.2, -0.15) is 0 Å². The first-order valence-electron chi connectivity index (χ1n) is 9.99. The van der Waals surface area contributed by atoms with Gasteiger partial charge in [-0.1, -0.05) is 18.2 Å². The van der Waals surface area contributed by atoms with E-state index in [4.69, 9.17) is 9.47 Å². The lowest BCUT2D eigenvalue weighted by molar-refractivity contribution is -0.128. The lowest BCUT2D eigenvalue weighted by Crippen LogP contribution is -2.51. The van der Waals surface area contributed by atoms with Gasteiger partial charge in [0.15, 0.2) is 11.5 Å². The summed E-state index contributed by atoms with van der Waals surface area (Å²) in [5.41, 5.74) is 1.46. The first-order chi connectivity index (χ1) is 14.6. The lowest BCUT2D eigenvalue weighted by atomic mass is 10.0. The third kappa shape index (κ3) is 3.03. The molecule has 3 amide bonds. The third-order valence-electron chi connectivity index (χ3n) is 5.68. The molecule has 0 N–H and O–H groups in total. The van der Waals surface area contributed by atoms with Gasteiger partial charge in [0, 0.05) is 12.6 Å². The molecule has 3 aliphatic rings. The highest BCUT2D eigenvalue weighted by molar-refractivity contribution is 6.25. The average Bonchev–Trinajstić information content (AvgIpc) is 3.22. The monoisotopic (exact) mass is 404 g/mol. The molecule has 0 saturated carbocycles. The van der Waals surface area contributed by atoms with Gasteiger partial charge >= 0.3 is 0 Å². The van der Waals surface area contributed by atoms with Crippen LogP contribution in [-0.4, -0.2) is 42.0 Å². The Morgan fingerprint density at radius 3 is 2.77 bits per heavy atom. The summed E-state index contributed by atoms with van der Waals surface area (Å²) in [6.07, 6.45) is 5.26. The highest BCUT2D eigenvalue weighted by atomic mass is 16.7. The number of benzene rings is 2. The van der Waals surface area contributed by atoms with Crippen molar-refractivity contribution in [3.05, 3.63) is 59.7 Å². The summed E-state index contributed by atoms with van der Waals surface area (Å²) in [5, 5.41) is 0. The van der Waals surface area contributed by atoms with Crippen molar-refractivity contribution >= 4 is 29.5 Å². The van der Waals surface area contributed by atoms with Gasteiger partial charge in [0.1, 0.15) is 6.04 Å². The number of anilines is 1. The number of ether oxygens (including phenoxy) is 2. The molecule has 1 atom stereocenters. The zero-order valence-corrected chi connectivity index (χ0v) is 16.2. The Hall–Kier alpha value is -3.61. The molecule has 7 nitrogen and oxygen atoms in total. The second kappa shape index (κ2) is 7.33. The van der Waals surface area contributed by atoms with Crippen LogP contribution in [0.1, 0.15) is 35.2 Å². The van der Waals surface area contributed by atoms with Crippen molar-refractivity contribution in [1.29, 1.82) is 0 Å². The Kier molecular flexibility index (Phi) is 4.50. The molecule has 0 unspecified atom stereocenters. The molecule has 3 heterocycles. The van der Waals surface area contributed by atoms with Crippen molar-refractivity contribution in [2.24, 2.45) is 0 Å². The van der Waals surface area contributed by atoms with E-state index in [0.717, 1.165) is 23.3 Å². The summed E-state index contributed by atoms with van der Waals surface area (Å²) in [4.78, 5) is 42.3. The molecule has 1 fully saturated rings. The average molecular weight is 404 g/mol. The normalized spacial score (nSPS) is 20.2. The van der Waals surface area contributed by atoms with Gasteiger partial charge in [-0.05, 0) is 55.2 Å². The topological polar surface area (TPSA) is 76.2 Å². The van der Waals surface area contributed by atoms with Gasteiger partial charge in [0.05, 0.1) is 11.3 Å². The molecule has 0 aromatic heterocycles. The van der Waals surface area contributed by atoms with Gasteiger partial charge in [0.2, 0.25) is 6.79 Å². The molecule has 3 aliphatic heterocycles. The highest BCUT2D eigenvalue weighted by Crippen LogP contribution is 2.34. The second-order valence-corrected chi connectivity index (χ2v) is 7.49. The van der Waals surface area contributed by atoms with Gasteiger partial charge in [-0.15, -0.1) is 0 Å². The highest BCUT2D eigenvalue weighted by Gasteiger charge is 2.42. The summed E-state index contributed by atoms with van der Waals surface area (Å²) >= 11 is 0. The molecule has 0 radical (unpaired) electrons. The van der Waals surface area contributed by atoms with Crippen LogP contribution >= 0.6 is 0 Å². The number of fused-ring (bicyclic) bond motifs is 3. The van der Waals surface area contributed by atoms with Crippen LogP contribution in [-0.2, 0) is 9.59 Å². The fourth-order valence-electron chi connectivity index (χ4n) is 4.19. The number of hydrogen-bond donors (Lipinski definition) is 0. The van der Waals surface area contributed by atoms with Crippen molar-refractivity contribution in [3.8, 4) is 11.5 Å². The van der Waals surface area contributed by atoms with Crippen LogP contribution in [0.2, 0.25) is 0 Å². The first kappa shape index (κ1) is 18.4. The molecular weight excluding hydrogens is 384 g/mol. The lowest BCUT2D eigenvalue weighted by Gasteiger charge is -2.33. The zero-order valence-electron chi connectivity index (χ0n) is 16.2. The number of para-hydroxylation sites is 1. The minimum absolute atomic E-state index is 0.173. The van der Waals surface area contributed by atoms with E-state index in [9.17, 15) is 14.4 Å². The molecule has 7 heteroatoms. The number of amides is 3. The van der Waals surface area contributed by atoms with Gasteiger partial charge in [-0.25, -0.2) is 4.90 Å². The van der Waals surface area contributed by atoms with E-state index in [0.29, 0.717) is 35.7 Å². The zero-order chi connectivity index (χ0) is 20.7. The van der Waals surface area contributed by atoms with E-state index < -0.39 is 11.9 Å². The number of rotatable bonds is 2. The smallest absolute Gasteiger partial charge is 0.257 e. The SMILES string of the molecule is O=C(/C=C/c1ccc2c(c1)OCO2)N1C(=O)[C@H]2CCCCN2C(=O)c2ccccc21. The maximum atomic E-state index is 13.3. The Labute approximate surface area is 173 Å². The molecule has 5 rings (SSSR count). The van der Waals surface area contributed by atoms with Crippen LogP contribution < -0.4 is 14.4 Å². The van der Waals surface area contributed by atoms with Gasteiger partial charge in [0.25, 0.3) is 17.7 Å². The number of hydrogen-bond acceptors (Lipinski definition) is 5. The van der Waals surface area contributed by atoms with Crippen molar-refractivity contribution < 1.29 is 23.9 Å². The standard InChI is InChI=1S/C23H20N2O5/c26-21(11-9-15-8-10-19-20(13-15)30-14-29-19)25-17-6-2-1-5-16(17)22(27)24-12-4-3-7-18(24)23(25)28/h1-2,5-6,8-11,13,18H,3-4,7,12,14H2/b11-9+/t18-/m1/s1. The maximum absolute atomic E-state index is 13.3. The minimum atomic E-state index is -0.610.